The fourth-order valence-corrected chi connectivity index (χ4v) is 2.14. The molecule has 2 heterocycles. The molecule has 2 aromatic heterocycles. The highest BCUT2D eigenvalue weighted by Crippen LogP contribution is 2.25. The second-order valence-corrected chi connectivity index (χ2v) is 5.04. The quantitative estimate of drug-likeness (QED) is 0.822. The first-order chi connectivity index (χ1) is 9.54. The van der Waals surface area contributed by atoms with Crippen molar-refractivity contribution < 1.29 is 0 Å². The van der Waals surface area contributed by atoms with Crippen molar-refractivity contribution in [1.82, 2.24) is 24.7 Å². The number of aromatic nitrogens is 5. The van der Waals surface area contributed by atoms with E-state index in [1.165, 1.54) is 6.33 Å². The maximum absolute atomic E-state index is 6.00. The first kappa shape index (κ1) is 14.5. The Hall–Kier alpha value is -1.89. The van der Waals surface area contributed by atoms with Crippen molar-refractivity contribution in [2.75, 3.05) is 17.7 Å². The molecule has 0 aliphatic heterocycles. The summed E-state index contributed by atoms with van der Waals surface area (Å²) in [5, 5.41) is 14.9. The summed E-state index contributed by atoms with van der Waals surface area (Å²) in [7, 11) is 3.73. The van der Waals surface area contributed by atoms with E-state index in [2.05, 4.69) is 44.6 Å². The monoisotopic (exact) mass is 295 g/mol. The SMILES string of the molecule is CNc1c(Cl)ncnc1NCc1nnc(C(C)C)n1C. The van der Waals surface area contributed by atoms with Crippen molar-refractivity contribution in [2.45, 2.75) is 26.3 Å². The lowest BCUT2D eigenvalue weighted by atomic mass is 10.2. The maximum atomic E-state index is 6.00. The van der Waals surface area contributed by atoms with Crippen LogP contribution in [-0.4, -0.2) is 31.8 Å². The summed E-state index contributed by atoms with van der Waals surface area (Å²) in [5.74, 6) is 2.77. The maximum Gasteiger partial charge on any atom is 0.157 e. The van der Waals surface area contributed by atoms with E-state index in [0.29, 0.717) is 29.1 Å². The molecule has 0 aromatic carbocycles. The zero-order valence-corrected chi connectivity index (χ0v) is 12.7. The predicted molar refractivity (Wildman–Crippen MR) is 79.0 cm³/mol. The molecule has 8 heteroatoms. The van der Waals surface area contributed by atoms with E-state index in [0.717, 1.165) is 11.6 Å². The summed E-state index contributed by atoms with van der Waals surface area (Å²) < 4.78 is 1.99. The Morgan fingerprint density at radius 3 is 2.65 bits per heavy atom. The van der Waals surface area contributed by atoms with Crippen LogP contribution in [-0.2, 0) is 13.6 Å². The third-order valence-electron chi connectivity index (χ3n) is 2.98. The second kappa shape index (κ2) is 6.04. The van der Waals surface area contributed by atoms with E-state index in [1.807, 2.05) is 11.6 Å². The van der Waals surface area contributed by atoms with Crippen LogP contribution >= 0.6 is 11.6 Å². The predicted octanol–water partition coefficient (Wildman–Crippen LogP) is 2.04. The van der Waals surface area contributed by atoms with Crippen LogP contribution in [0.15, 0.2) is 6.33 Å². The molecule has 20 heavy (non-hydrogen) atoms. The highest BCUT2D eigenvalue weighted by atomic mass is 35.5. The van der Waals surface area contributed by atoms with Gasteiger partial charge in [-0.1, -0.05) is 25.4 Å². The van der Waals surface area contributed by atoms with Crippen molar-refractivity contribution in [2.24, 2.45) is 7.05 Å². The van der Waals surface area contributed by atoms with Crippen molar-refractivity contribution in [3.8, 4) is 0 Å². The Bertz CT molecular complexity index is 593. The standard InChI is InChI=1S/C12H18ClN7/c1-7(2)12-19-18-8(20(12)4)5-15-11-9(14-3)10(13)16-6-17-11/h6-7,14H,5H2,1-4H3,(H,15,16,17). The third kappa shape index (κ3) is 2.82. The molecule has 0 aliphatic rings. The van der Waals surface area contributed by atoms with Gasteiger partial charge in [-0.05, 0) is 0 Å². The Labute approximate surface area is 122 Å². The zero-order valence-electron chi connectivity index (χ0n) is 12.0. The summed E-state index contributed by atoms with van der Waals surface area (Å²) in [4.78, 5) is 8.10. The summed E-state index contributed by atoms with van der Waals surface area (Å²) in [6, 6.07) is 0. The second-order valence-electron chi connectivity index (χ2n) is 4.68. The van der Waals surface area contributed by atoms with Gasteiger partial charge in [0.25, 0.3) is 0 Å². The molecule has 0 saturated heterocycles. The van der Waals surface area contributed by atoms with Gasteiger partial charge in [-0.25, -0.2) is 9.97 Å². The van der Waals surface area contributed by atoms with Gasteiger partial charge in [0.15, 0.2) is 16.8 Å². The molecule has 0 unspecified atom stereocenters. The summed E-state index contributed by atoms with van der Waals surface area (Å²) in [5.41, 5.74) is 0.667. The van der Waals surface area contributed by atoms with Crippen molar-refractivity contribution in [3.63, 3.8) is 0 Å². The first-order valence-corrected chi connectivity index (χ1v) is 6.72. The van der Waals surface area contributed by atoms with Crippen molar-refractivity contribution in [1.29, 1.82) is 0 Å². The van der Waals surface area contributed by atoms with E-state index in [1.54, 1.807) is 7.05 Å². The largest absolute Gasteiger partial charge is 0.383 e. The number of hydrogen-bond acceptors (Lipinski definition) is 6. The lowest BCUT2D eigenvalue weighted by Gasteiger charge is -2.11. The molecule has 0 amide bonds. The van der Waals surface area contributed by atoms with Crippen LogP contribution in [0.1, 0.15) is 31.4 Å². The highest BCUT2D eigenvalue weighted by molar-refractivity contribution is 6.32. The Balaban J connectivity index is 2.15. The van der Waals surface area contributed by atoms with Crippen LogP contribution in [0.5, 0.6) is 0 Å². The van der Waals surface area contributed by atoms with Crippen LogP contribution in [0.3, 0.4) is 0 Å². The fraction of sp³-hybridized carbons (Fsp3) is 0.500. The molecule has 0 bridgehead atoms. The van der Waals surface area contributed by atoms with Gasteiger partial charge in [0.1, 0.15) is 17.8 Å². The molecule has 2 rings (SSSR count). The van der Waals surface area contributed by atoms with Gasteiger partial charge in [0, 0.05) is 20.0 Å². The molecule has 0 aliphatic carbocycles. The van der Waals surface area contributed by atoms with Gasteiger partial charge in [-0.15, -0.1) is 10.2 Å². The van der Waals surface area contributed by atoms with Crippen LogP contribution in [0, 0.1) is 0 Å². The van der Waals surface area contributed by atoms with E-state index in [9.17, 15) is 0 Å². The Kier molecular flexibility index (Phi) is 4.39. The van der Waals surface area contributed by atoms with Gasteiger partial charge in [-0.3, -0.25) is 0 Å². The number of halogens is 1. The van der Waals surface area contributed by atoms with Gasteiger partial charge < -0.3 is 15.2 Å². The van der Waals surface area contributed by atoms with Crippen LogP contribution in [0.25, 0.3) is 0 Å². The average molecular weight is 296 g/mol. The highest BCUT2D eigenvalue weighted by Gasteiger charge is 2.13. The summed E-state index contributed by atoms with van der Waals surface area (Å²) >= 11 is 6.00. The Morgan fingerprint density at radius 2 is 2.05 bits per heavy atom. The summed E-state index contributed by atoms with van der Waals surface area (Å²) in [6.07, 6.45) is 1.42. The molecule has 0 atom stereocenters. The zero-order chi connectivity index (χ0) is 14.7. The molecule has 0 spiro atoms. The van der Waals surface area contributed by atoms with Gasteiger partial charge in [0.05, 0.1) is 6.54 Å². The average Bonchev–Trinajstić information content (AvgIpc) is 2.78. The molecule has 108 valence electrons. The minimum Gasteiger partial charge on any atom is -0.383 e. The van der Waals surface area contributed by atoms with Crippen LogP contribution < -0.4 is 10.6 Å². The number of nitrogens with one attached hydrogen (secondary N) is 2. The number of hydrogen-bond donors (Lipinski definition) is 2. The molecular weight excluding hydrogens is 278 g/mol. The molecule has 0 saturated carbocycles. The third-order valence-corrected chi connectivity index (χ3v) is 3.27. The number of rotatable bonds is 5. The first-order valence-electron chi connectivity index (χ1n) is 6.34. The lowest BCUT2D eigenvalue weighted by molar-refractivity contribution is 0.692. The van der Waals surface area contributed by atoms with E-state index in [-0.39, 0.29) is 0 Å². The van der Waals surface area contributed by atoms with Crippen LogP contribution in [0.4, 0.5) is 11.5 Å². The molecule has 2 N–H and O–H groups in total. The molecule has 0 fully saturated rings. The smallest absolute Gasteiger partial charge is 0.157 e. The van der Waals surface area contributed by atoms with Gasteiger partial charge in [-0.2, -0.15) is 0 Å². The van der Waals surface area contributed by atoms with E-state index >= 15 is 0 Å². The fourth-order valence-electron chi connectivity index (χ4n) is 1.91. The van der Waals surface area contributed by atoms with Crippen molar-refractivity contribution >= 4 is 23.1 Å². The number of anilines is 2. The molecular formula is C12H18ClN7. The van der Waals surface area contributed by atoms with Gasteiger partial charge >= 0.3 is 0 Å². The topological polar surface area (TPSA) is 80.6 Å². The van der Waals surface area contributed by atoms with Gasteiger partial charge in [0.2, 0.25) is 0 Å². The molecule has 7 nitrogen and oxygen atoms in total. The molecule has 2 aromatic rings. The van der Waals surface area contributed by atoms with E-state index < -0.39 is 0 Å². The minimum absolute atomic E-state index is 0.336. The Morgan fingerprint density at radius 1 is 1.30 bits per heavy atom. The van der Waals surface area contributed by atoms with Crippen molar-refractivity contribution in [3.05, 3.63) is 23.1 Å². The minimum atomic E-state index is 0.336. The summed E-state index contributed by atoms with van der Waals surface area (Å²) in [6.45, 7) is 4.69. The lowest BCUT2D eigenvalue weighted by Crippen LogP contribution is -2.10. The van der Waals surface area contributed by atoms with E-state index in [4.69, 9.17) is 11.6 Å². The number of nitrogens with zero attached hydrogens (tertiary/aromatic N) is 5. The molecule has 0 radical (unpaired) electrons. The normalized spacial score (nSPS) is 10.9. The van der Waals surface area contributed by atoms with Crippen LogP contribution in [0.2, 0.25) is 5.15 Å².